The second-order valence-electron chi connectivity index (χ2n) is 5.80. The normalized spacial score (nSPS) is 17.8. The van der Waals surface area contributed by atoms with Gasteiger partial charge in [-0.2, -0.15) is 0 Å². The Kier molecular flexibility index (Phi) is 3.33. The topological polar surface area (TPSA) is 72.9 Å². The van der Waals surface area contributed by atoms with E-state index in [9.17, 15) is 0 Å². The fourth-order valence-corrected chi connectivity index (χ4v) is 3.83. The average Bonchev–Trinajstić information content (AvgIpc) is 3.16. The Balaban J connectivity index is 1.42. The first kappa shape index (κ1) is 13.7. The molecule has 1 N–H and O–H groups in total. The van der Waals surface area contributed by atoms with Gasteiger partial charge in [0.1, 0.15) is 11.6 Å². The molecule has 0 radical (unpaired) electrons. The van der Waals surface area contributed by atoms with E-state index in [4.69, 9.17) is 0 Å². The SMILES string of the molecule is CCc1nnc2n1C[C@H](CNc1nn3cc(C)nc3s1)CC2. The van der Waals surface area contributed by atoms with Crippen LogP contribution in [0.25, 0.3) is 4.96 Å². The molecule has 3 aromatic heterocycles. The van der Waals surface area contributed by atoms with Crippen LogP contribution in [-0.2, 0) is 19.4 Å². The quantitative estimate of drug-likeness (QED) is 0.796. The lowest BCUT2D eigenvalue weighted by Gasteiger charge is -2.24. The van der Waals surface area contributed by atoms with E-state index in [0.717, 1.165) is 59.8 Å². The van der Waals surface area contributed by atoms with Crippen molar-refractivity contribution in [1.29, 1.82) is 0 Å². The first-order valence-corrected chi connectivity index (χ1v) is 8.52. The summed E-state index contributed by atoms with van der Waals surface area (Å²) in [5.74, 6) is 2.82. The molecular formula is C14H19N7S. The van der Waals surface area contributed by atoms with Crippen LogP contribution in [0.15, 0.2) is 6.20 Å². The Hall–Kier alpha value is -1.96. The number of hydrogen-bond donors (Lipinski definition) is 1. The lowest BCUT2D eigenvalue weighted by molar-refractivity contribution is 0.374. The summed E-state index contributed by atoms with van der Waals surface area (Å²) in [7, 11) is 0. The van der Waals surface area contributed by atoms with Crippen LogP contribution in [0.5, 0.6) is 0 Å². The van der Waals surface area contributed by atoms with Gasteiger partial charge >= 0.3 is 0 Å². The zero-order valence-corrected chi connectivity index (χ0v) is 13.6. The number of anilines is 1. The maximum Gasteiger partial charge on any atom is 0.214 e. The third-order valence-corrected chi connectivity index (χ3v) is 5.02. The molecule has 22 heavy (non-hydrogen) atoms. The molecule has 0 unspecified atom stereocenters. The number of aryl methyl sites for hydroxylation is 3. The smallest absolute Gasteiger partial charge is 0.214 e. The molecule has 1 aliphatic heterocycles. The molecule has 0 saturated heterocycles. The zero-order chi connectivity index (χ0) is 15.1. The van der Waals surface area contributed by atoms with Crippen LogP contribution in [0.2, 0.25) is 0 Å². The van der Waals surface area contributed by atoms with E-state index in [2.05, 4.69) is 37.1 Å². The van der Waals surface area contributed by atoms with Gasteiger partial charge in [-0.25, -0.2) is 9.50 Å². The first-order chi connectivity index (χ1) is 10.7. The monoisotopic (exact) mass is 317 g/mol. The van der Waals surface area contributed by atoms with E-state index in [0.29, 0.717) is 5.92 Å². The summed E-state index contributed by atoms with van der Waals surface area (Å²) < 4.78 is 4.13. The molecule has 0 fully saturated rings. The van der Waals surface area contributed by atoms with Crippen molar-refractivity contribution >= 4 is 21.4 Å². The number of aromatic nitrogens is 6. The van der Waals surface area contributed by atoms with Gasteiger partial charge in [0.25, 0.3) is 0 Å². The third-order valence-electron chi connectivity index (χ3n) is 4.14. The lowest BCUT2D eigenvalue weighted by atomic mass is 9.99. The summed E-state index contributed by atoms with van der Waals surface area (Å²) in [4.78, 5) is 5.37. The lowest BCUT2D eigenvalue weighted by Crippen LogP contribution is -2.27. The largest absolute Gasteiger partial charge is 0.360 e. The van der Waals surface area contributed by atoms with Gasteiger partial charge in [-0.05, 0) is 19.3 Å². The van der Waals surface area contributed by atoms with E-state index in [1.165, 1.54) is 0 Å². The van der Waals surface area contributed by atoms with E-state index < -0.39 is 0 Å². The number of fused-ring (bicyclic) bond motifs is 2. The van der Waals surface area contributed by atoms with E-state index in [-0.39, 0.29) is 0 Å². The van der Waals surface area contributed by atoms with Crippen LogP contribution in [0, 0.1) is 12.8 Å². The Labute approximate surface area is 132 Å². The summed E-state index contributed by atoms with van der Waals surface area (Å²) in [5.41, 5.74) is 1.00. The molecule has 4 rings (SSSR count). The molecule has 0 amide bonds. The van der Waals surface area contributed by atoms with Crippen molar-refractivity contribution in [1.82, 2.24) is 29.4 Å². The molecule has 0 saturated carbocycles. The molecule has 7 nitrogen and oxygen atoms in total. The average molecular weight is 317 g/mol. The minimum atomic E-state index is 0.590. The van der Waals surface area contributed by atoms with Crippen LogP contribution in [0.1, 0.15) is 30.7 Å². The molecule has 1 aliphatic rings. The molecule has 0 aliphatic carbocycles. The minimum Gasteiger partial charge on any atom is -0.360 e. The predicted octanol–water partition coefficient (Wildman–Crippen LogP) is 1.93. The fourth-order valence-electron chi connectivity index (χ4n) is 2.99. The zero-order valence-electron chi connectivity index (χ0n) is 12.8. The van der Waals surface area contributed by atoms with Crippen molar-refractivity contribution < 1.29 is 0 Å². The van der Waals surface area contributed by atoms with Crippen molar-refractivity contribution in [3.63, 3.8) is 0 Å². The van der Waals surface area contributed by atoms with Crippen LogP contribution < -0.4 is 5.32 Å². The first-order valence-electron chi connectivity index (χ1n) is 7.70. The number of rotatable bonds is 4. The minimum absolute atomic E-state index is 0.590. The van der Waals surface area contributed by atoms with Crippen molar-refractivity contribution in [2.24, 2.45) is 5.92 Å². The summed E-state index contributed by atoms with van der Waals surface area (Å²) in [5, 5.41) is 17.5. The Morgan fingerprint density at radius 2 is 2.32 bits per heavy atom. The van der Waals surface area contributed by atoms with Gasteiger partial charge in [-0.3, -0.25) is 0 Å². The molecule has 0 aromatic carbocycles. The molecule has 116 valence electrons. The summed E-state index contributed by atoms with van der Waals surface area (Å²) in [6.07, 6.45) is 5.06. The highest BCUT2D eigenvalue weighted by Gasteiger charge is 2.22. The standard InChI is InChI=1S/C14H19N7S/c1-3-11-17-18-12-5-4-10(8-20(11)12)6-15-13-19-21-7-9(2)16-14(21)22-13/h7,10H,3-6,8H2,1-2H3,(H,15,19)/t10-/m0/s1. The highest BCUT2D eigenvalue weighted by molar-refractivity contribution is 7.20. The Morgan fingerprint density at radius 3 is 3.14 bits per heavy atom. The molecule has 8 heteroatoms. The van der Waals surface area contributed by atoms with Gasteiger partial charge in [0.15, 0.2) is 0 Å². The van der Waals surface area contributed by atoms with Gasteiger partial charge in [0.2, 0.25) is 10.1 Å². The molecule has 1 atom stereocenters. The summed E-state index contributed by atoms with van der Waals surface area (Å²) in [6.45, 7) is 6.04. The molecule has 0 spiro atoms. The van der Waals surface area contributed by atoms with Gasteiger partial charge in [-0.1, -0.05) is 18.3 Å². The van der Waals surface area contributed by atoms with Crippen molar-refractivity contribution in [2.75, 3.05) is 11.9 Å². The molecule has 0 bridgehead atoms. The fraction of sp³-hybridized carbons (Fsp3) is 0.571. The van der Waals surface area contributed by atoms with Crippen LogP contribution in [0.3, 0.4) is 0 Å². The predicted molar refractivity (Wildman–Crippen MR) is 85.3 cm³/mol. The molecule has 3 aromatic rings. The number of nitrogens with zero attached hydrogens (tertiary/aromatic N) is 6. The van der Waals surface area contributed by atoms with Crippen molar-refractivity contribution in [3.05, 3.63) is 23.5 Å². The van der Waals surface area contributed by atoms with E-state index >= 15 is 0 Å². The summed E-state index contributed by atoms with van der Waals surface area (Å²) >= 11 is 1.60. The van der Waals surface area contributed by atoms with E-state index in [1.807, 2.05) is 17.6 Å². The van der Waals surface area contributed by atoms with Crippen LogP contribution in [-0.4, -0.2) is 35.9 Å². The van der Waals surface area contributed by atoms with Crippen molar-refractivity contribution in [3.8, 4) is 0 Å². The van der Waals surface area contributed by atoms with E-state index in [1.54, 1.807) is 11.3 Å². The van der Waals surface area contributed by atoms with Crippen molar-refractivity contribution in [2.45, 2.75) is 39.7 Å². The second kappa shape index (κ2) is 5.35. The van der Waals surface area contributed by atoms with Gasteiger partial charge in [0, 0.05) is 25.9 Å². The highest BCUT2D eigenvalue weighted by atomic mass is 32.1. The number of hydrogen-bond acceptors (Lipinski definition) is 6. The molecule has 4 heterocycles. The Morgan fingerprint density at radius 1 is 1.41 bits per heavy atom. The highest BCUT2D eigenvalue weighted by Crippen LogP contribution is 2.23. The van der Waals surface area contributed by atoms with Gasteiger partial charge in [-0.15, -0.1) is 15.3 Å². The number of imidazole rings is 1. The molecular weight excluding hydrogens is 298 g/mol. The maximum absolute atomic E-state index is 4.52. The van der Waals surface area contributed by atoms with Gasteiger partial charge in [0.05, 0.1) is 11.9 Å². The van der Waals surface area contributed by atoms with Crippen LogP contribution in [0.4, 0.5) is 5.13 Å². The van der Waals surface area contributed by atoms with Gasteiger partial charge < -0.3 is 9.88 Å². The number of nitrogens with one attached hydrogen (secondary N) is 1. The van der Waals surface area contributed by atoms with Crippen LogP contribution >= 0.6 is 11.3 Å². The Bertz CT molecular complexity index is 754. The third kappa shape index (κ3) is 2.37. The second-order valence-corrected chi connectivity index (χ2v) is 6.75. The summed E-state index contributed by atoms with van der Waals surface area (Å²) in [6, 6.07) is 0. The maximum atomic E-state index is 4.52.